The number of rotatable bonds is 6. The predicted molar refractivity (Wildman–Crippen MR) is 177 cm³/mol. The third-order valence-corrected chi connectivity index (χ3v) is 9.09. The van der Waals surface area contributed by atoms with E-state index in [2.05, 4.69) is 99.1 Å². The lowest BCUT2D eigenvalue weighted by molar-refractivity contribution is 0.0224. The van der Waals surface area contributed by atoms with Crippen LogP contribution in [-0.4, -0.2) is 19.6 Å². The maximum Gasteiger partial charge on any atom is 0.340 e. The molecule has 0 saturated heterocycles. The van der Waals surface area contributed by atoms with Crippen LogP contribution in [0.15, 0.2) is 103 Å². The molecule has 220 valence electrons. The average molecular weight is 581 g/mol. The van der Waals surface area contributed by atoms with Crippen LogP contribution in [0.25, 0.3) is 0 Å². The third-order valence-electron chi connectivity index (χ3n) is 9.09. The van der Waals surface area contributed by atoms with E-state index < -0.39 is 5.60 Å². The summed E-state index contributed by atoms with van der Waals surface area (Å²) >= 11 is 0. The second-order valence-corrected chi connectivity index (χ2v) is 11.8. The molecular weight excluding hydrogens is 544 g/mol. The average Bonchev–Trinajstić information content (AvgIpc) is 3.33. The van der Waals surface area contributed by atoms with Crippen molar-refractivity contribution >= 4 is 28.7 Å². The van der Waals surface area contributed by atoms with Crippen LogP contribution >= 0.6 is 0 Å². The van der Waals surface area contributed by atoms with Gasteiger partial charge in [-0.3, -0.25) is 0 Å². The highest BCUT2D eigenvalue weighted by Crippen LogP contribution is 2.56. The quantitative estimate of drug-likeness (QED) is 0.187. The van der Waals surface area contributed by atoms with Crippen LogP contribution < -0.4 is 14.5 Å². The van der Waals surface area contributed by atoms with Crippen LogP contribution in [0.1, 0.15) is 57.1 Å². The summed E-state index contributed by atoms with van der Waals surface area (Å²) in [5.41, 5.74) is 10.2. The molecule has 1 spiro atoms. The number of ether oxygens (including phenoxy) is 2. The van der Waals surface area contributed by atoms with Crippen LogP contribution in [0, 0.1) is 20.8 Å². The van der Waals surface area contributed by atoms with Gasteiger partial charge in [-0.05, 0) is 80.8 Å². The molecule has 2 heterocycles. The van der Waals surface area contributed by atoms with Crippen molar-refractivity contribution < 1.29 is 14.3 Å². The van der Waals surface area contributed by atoms with Gasteiger partial charge >= 0.3 is 5.97 Å². The number of para-hydroxylation sites is 1. The molecule has 0 amide bonds. The Hall–Kier alpha value is -5.03. The van der Waals surface area contributed by atoms with Gasteiger partial charge in [0.2, 0.25) is 0 Å². The van der Waals surface area contributed by atoms with E-state index in [4.69, 9.17) is 9.47 Å². The van der Waals surface area contributed by atoms with Gasteiger partial charge < -0.3 is 19.3 Å². The summed E-state index contributed by atoms with van der Waals surface area (Å²) in [6.45, 7) is 9.50. The first kappa shape index (κ1) is 27.8. The van der Waals surface area contributed by atoms with Gasteiger partial charge in [0.05, 0.1) is 16.9 Å². The summed E-state index contributed by atoms with van der Waals surface area (Å²) in [6, 6.07) is 34.9. The minimum absolute atomic E-state index is 0.321. The van der Waals surface area contributed by atoms with Gasteiger partial charge in [-0.2, -0.15) is 0 Å². The summed E-state index contributed by atoms with van der Waals surface area (Å²) in [5.74, 6) is 1.05. The van der Waals surface area contributed by atoms with E-state index in [-0.39, 0.29) is 5.97 Å². The molecule has 5 heteroatoms. The molecule has 5 nitrogen and oxygen atoms in total. The second-order valence-electron chi connectivity index (χ2n) is 11.8. The fourth-order valence-electron chi connectivity index (χ4n) is 6.72. The zero-order valence-corrected chi connectivity index (χ0v) is 25.8. The fourth-order valence-corrected chi connectivity index (χ4v) is 6.72. The number of esters is 1. The maximum absolute atomic E-state index is 13.2. The van der Waals surface area contributed by atoms with Crippen LogP contribution in [0.2, 0.25) is 0 Å². The first-order valence-corrected chi connectivity index (χ1v) is 15.3. The summed E-state index contributed by atoms with van der Waals surface area (Å²) in [5, 5.41) is 0. The van der Waals surface area contributed by atoms with Crippen LogP contribution in [0.3, 0.4) is 0 Å². The number of carbonyl (C=O) groups excluding carboxylic acids is 1. The Morgan fingerprint density at radius 1 is 0.727 bits per heavy atom. The number of hydrogen-bond acceptors (Lipinski definition) is 5. The van der Waals surface area contributed by atoms with Crippen LogP contribution in [0.4, 0.5) is 22.7 Å². The highest BCUT2D eigenvalue weighted by molar-refractivity contribution is 5.97. The molecule has 0 bridgehead atoms. The number of carbonyl (C=O) groups is 1. The molecule has 7 rings (SSSR count). The predicted octanol–water partition coefficient (Wildman–Crippen LogP) is 9.50. The number of aryl methyl sites for hydroxylation is 2. The van der Waals surface area contributed by atoms with Crippen molar-refractivity contribution in [3.8, 4) is 11.5 Å². The molecule has 5 aromatic rings. The van der Waals surface area contributed by atoms with E-state index in [9.17, 15) is 4.79 Å². The van der Waals surface area contributed by atoms with Gasteiger partial charge in [-0.15, -0.1) is 0 Å². The highest BCUT2D eigenvalue weighted by Gasteiger charge is 2.53. The maximum atomic E-state index is 13.2. The number of anilines is 4. The Balaban J connectivity index is 1.39. The summed E-state index contributed by atoms with van der Waals surface area (Å²) < 4.78 is 12.9. The third kappa shape index (κ3) is 4.18. The fraction of sp³-hybridized carbons (Fsp3) is 0.205. The Morgan fingerprint density at radius 2 is 1.41 bits per heavy atom. The zero-order valence-electron chi connectivity index (χ0n) is 25.8. The smallest absolute Gasteiger partial charge is 0.340 e. The Kier molecular flexibility index (Phi) is 6.69. The molecule has 5 aromatic carbocycles. The lowest BCUT2D eigenvalue weighted by Crippen LogP contribution is -2.33. The largest absolute Gasteiger partial charge is 0.456 e. The van der Waals surface area contributed by atoms with Gasteiger partial charge in [-0.1, -0.05) is 67.1 Å². The summed E-state index contributed by atoms with van der Waals surface area (Å²) in [6.07, 6.45) is 0.955. The molecular formula is C39H36N2O3. The van der Waals surface area contributed by atoms with Crippen molar-refractivity contribution in [2.45, 2.75) is 39.7 Å². The highest BCUT2D eigenvalue weighted by atomic mass is 16.6. The normalized spacial score (nSPS) is 16.1. The summed E-state index contributed by atoms with van der Waals surface area (Å²) in [4.78, 5) is 17.9. The van der Waals surface area contributed by atoms with Crippen molar-refractivity contribution in [2.24, 2.45) is 0 Å². The van der Waals surface area contributed by atoms with E-state index in [0.717, 1.165) is 46.7 Å². The van der Waals surface area contributed by atoms with Crippen molar-refractivity contribution in [3.05, 3.63) is 142 Å². The molecule has 0 radical (unpaired) electrons. The Morgan fingerprint density at radius 3 is 2.18 bits per heavy atom. The molecule has 0 aliphatic carbocycles. The van der Waals surface area contributed by atoms with Gasteiger partial charge in [0, 0.05) is 47.7 Å². The molecule has 44 heavy (non-hydrogen) atoms. The first-order valence-electron chi connectivity index (χ1n) is 15.3. The van der Waals surface area contributed by atoms with Crippen LogP contribution in [0.5, 0.6) is 11.5 Å². The number of fused-ring (bicyclic) bond motifs is 6. The minimum atomic E-state index is -1.07. The molecule has 0 aromatic heterocycles. The monoisotopic (exact) mass is 580 g/mol. The first-order chi connectivity index (χ1) is 21.3. The SMILES string of the molecule is CCCN(c1ccc2c(c1)Oc1ccccc1C21OC(=O)c2ccccc21)c1ccc(C)c(C)c1N(C)c1ccc(C)cc1. The number of benzene rings is 5. The lowest BCUT2D eigenvalue weighted by atomic mass is 9.77. The minimum Gasteiger partial charge on any atom is -0.456 e. The van der Waals surface area contributed by atoms with Crippen molar-refractivity contribution in [3.63, 3.8) is 0 Å². The molecule has 1 atom stereocenters. The van der Waals surface area contributed by atoms with Crippen molar-refractivity contribution in [2.75, 3.05) is 23.4 Å². The Bertz CT molecular complexity index is 1910. The van der Waals surface area contributed by atoms with E-state index in [1.165, 1.54) is 22.4 Å². The van der Waals surface area contributed by atoms with Crippen molar-refractivity contribution in [1.82, 2.24) is 0 Å². The van der Waals surface area contributed by atoms with E-state index in [1.807, 2.05) is 48.5 Å². The molecule has 2 aliphatic heterocycles. The van der Waals surface area contributed by atoms with Crippen LogP contribution in [-0.2, 0) is 10.3 Å². The van der Waals surface area contributed by atoms with E-state index in [0.29, 0.717) is 17.1 Å². The van der Waals surface area contributed by atoms with Gasteiger partial charge in [0.15, 0.2) is 5.60 Å². The molecule has 0 N–H and O–H groups in total. The van der Waals surface area contributed by atoms with Gasteiger partial charge in [0.25, 0.3) is 0 Å². The number of nitrogens with zero attached hydrogens (tertiary/aromatic N) is 2. The lowest BCUT2D eigenvalue weighted by Gasteiger charge is -2.37. The van der Waals surface area contributed by atoms with E-state index in [1.54, 1.807) is 0 Å². The number of hydrogen-bond donors (Lipinski definition) is 0. The van der Waals surface area contributed by atoms with Gasteiger partial charge in [-0.25, -0.2) is 4.79 Å². The molecule has 2 aliphatic rings. The van der Waals surface area contributed by atoms with E-state index >= 15 is 0 Å². The second kappa shape index (κ2) is 10.6. The Labute approximate surface area is 259 Å². The molecule has 0 saturated carbocycles. The topological polar surface area (TPSA) is 42.0 Å². The standard InChI is InChI=1S/C39H36N2O3/c1-6-23-41(34-22-17-26(3)27(4)37(34)40(5)28-18-15-25(2)16-19-28)29-20-21-33-36(24-29)43-35-14-10-9-13-32(35)39(33)31-12-8-7-11-30(31)38(42)44-39/h7-22,24H,6,23H2,1-5H3. The van der Waals surface area contributed by atoms with Crippen molar-refractivity contribution in [1.29, 1.82) is 0 Å². The zero-order chi connectivity index (χ0) is 30.6. The van der Waals surface area contributed by atoms with Gasteiger partial charge in [0.1, 0.15) is 11.5 Å². The molecule has 1 unspecified atom stereocenters. The molecule has 0 fully saturated rings. The summed E-state index contributed by atoms with van der Waals surface area (Å²) in [7, 11) is 2.14.